The van der Waals surface area contributed by atoms with Crippen LogP contribution in [-0.2, 0) is 0 Å². The van der Waals surface area contributed by atoms with E-state index < -0.39 is 6.43 Å². The molecule has 0 spiro atoms. The predicted molar refractivity (Wildman–Crippen MR) is 72.5 cm³/mol. The molecule has 112 valence electrons. The largest absolute Gasteiger partial charge is 0.504 e. The smallest absolute Gasteiger partial charge is 0.240 e. The van der Waals surface area contributed by atoms with Crippen LogP contribution in [-0.4, -0.2) is 49.7 Å². The van der Waals surface area contributed by atoms with Gasteiger partial charge in [-0.25, -0.2) is 8.78 Å². The van der Waals surface area contributed by atoms with E-state index in [0.29, 0.717) is 11.3 Å². The van der Waals surface area contributed by atoms with Crippen LogP contribution in [0.25, 0.3) is 0 Å². The Kier molecular flexibility index (Phi) is 5.14. The van der Waals surface area contributed by atoms with Gasteiger partial charge >= 0.3 is 0 Å². The average molecular weight is 286 g/mol. The van der Waals surface area contributed by atoms with Gasteiger partial charge in [0, 0.05) is 38.6 Å². The second-order valence-corrected chi connectivity index (χ2v) is 4.86. The summed E-state index contributed by atoms with van der Waals surface area (Å²) in [7, 11) is 1.46. The molecule has 0 aliphatic carbocycles. The fourth-order valence-corrected chi connectivity index (χ4v) is 2.57. The van der Waals surface area contributed by atoms with Gasteiger partial charge in [-0.1, -0.05) is 6.07 Å². The van der Waals surface area contributed by atoms with Crippen molar-refractivity contribution in [3.63, 3.8) is 0 Å². The average Bonchev–Trinajstić information content (AvgIpc) is 2.45. The molecule has 1 aromatic carbocycles. The lowest BCUT2D eigenvalue weighted by molar-refractivity contribution is 0.0738. The van der Waals surface area contributed by atoms with Crippen LogP contribution in [0, 0.1) is 0 Å². The van der Waals surface area contributed by atoms with E-state index in [1.807, 2.05) is 4.90 Å². The van der Waals surface area contributed by atoms with Gasteiger partial charge in [0.25, 0.3) is 0 Å². The highest BCUT2D eigenvalue weighted by Gasteiger charge is 2.26. The molecule has 6 heteroatoms. The SMILES string of the molecule is COc1ccc([C@@H](CC(F)F)N2CCNCC2)cc1O. The van der Waals surface area contributed by atoms with E-state index in [0.717, 1.165) is 26.2 Å². The van der Waals surface area contributed by atoms with Crippen LogP contribution in [0.2, 0.25) is 0 Å². The molecule has 2 N–H and O–H groups in total. The van der Waals surface area contributed by atoms with Gasteiger partial charge in [0.1, 0.15) is 0 Å². The van der Waals surface area contributed by atoms with Gasteiger partial charge in [0.05, 0.1) is 7.11 Å². The maximum Gasteiger partial charge on any atom is 0.240 e. The van der Waals surface area contributed by atoms with Gasteiger partial charge in [0.2, 0.25) is 6.43 Å². The Bertz CT molecular complexity index is 437. The monoisotopic (exact) mass is 286 g/mol. The molecular weight excluding hydrogens is 266 g/mol. The summed E-state index contributed by atoms with van der Waals surface area (Å²) in [5, 5.41) is 13.0. The van der Waals surface area contributed by atoms with Crippen molar-refractivity contribution in [2.75, 3.05) is 33.3 Å². The zero-order valence-electron chi connectivity index (χ0n) is 11.5. The quantitative estimate of drug-likeness (QED) is 0.869. The van der Waals surface area contributed by atoms with Gasteiger partial charge < -0.3 is 15.2 Å². The van der Waals surface area contributed by atoms with Gasteiger partial charge in [-0.05, 0) is 17.7 Å². The minimum Gasteiger partial charge on any atom is -0.504 e. The lowest BCUT2D eigenvalue weighted by Gasteiger charge is -2.35. The number of benzene rings is 1. The molecule has 1 aromatic rings. The summed E-state index contributed by atoms with van der Waals surface area (Å²) in [4.78, 5) is 2.03. The van der Waals surface area contributed by atoms with Crippen molar-refractivity contribution in [3.8, 4) is 11.5 Å². The van der Waals surface area contributed by atoms with E-state index >= 15 is 0 Å². The summed E-state index contributed by atoms with van der Waals surface area (Å²) in [5.74, 6) is 0.337. The Morgan fingerprint density at radius 3 is 2.60 bits per heavy atom. The summed E-state index contributed by atoms with van der Waals surface area (Å²) < 4.78 is 30.7. The maximum atomic E-state index is 12.8. The molecule has 1 fully saturated rings. The molecule has 20 heavy (non-hydrogen) atoms. The van der Waals surface area contributed by atoms with Crippen LogP contribution in [0.1, 0.15) is 18.0 Å². The van der Waals surface area contributed by atoms with E-state index in [4.69, 9.17) is 4.74 Å². The van der Waals surface area contributed by atoms with E-state index in [9.17, 15) is 13.9 Å². The van der Waals surface area contributed by atoms with Crippen molar-refractivity contribution in [2.24, 2.45) is 0 Å². The highest BCUT2D eigenvalue weighted by Crippen LogP contribution is 2.33. The standard InChI is InChI=1S/C14H20F2N2O2/c1-20-13-3-2-10(8-12(13)19)11(9-14(15)16)18-6-4-17-5-7-18/h2-3,8,11,14,17,19H,4-7,9H2,1H3/t11-/m1/s1. The van der Waals surface area contributed by atoms with Crippen LogP contribution < -0.4 is 10.1 Å². The number of ether oxygens (including phenoxy) is 1. The number of phenols is 1. The topological polar surface area (TPSA) is 44.7 Å². The zero-order chi connectivity index (χ0) is 14.5. The van der Waals surface area contributed by atoms with Gasteiger partial charge in [-0.2, -0.15) is 0 Å². The van der Waals surface area contributed by atoms with Crippen LogP contribution in [0.5, 0.6) is 11.5 Å². The Labute approximate surface area is 117 Å². The molecule has 0 amide bonds. The number of rotatable bonds is 5. The summed E-state index contributed by atoms with van der Waals surface area (Å²) in [6.07, 6.45) is -2.61. The first-order valence-corrected chi connectivity index (χ1v) is 6.71. The number of nitrogens with one attached hydrogen (secondary N) is 1. The lowest BCUT2D eigenvalue weighted by atomic mass is 10.0. The predicted octanol–water partition coefficient (Wildman–Crippen LogP) is 2.00. The molecule has 1 heterocycles. The van der Waals surface area contributed by atoms with Crippen LogP contribution in [0.15, 0.2) is 18.2 Å². The van der Waals surface area contributed by atoms with Crippen molar-refractivity contribution in [1.82, 2.24) is 10.2 Å². The minimum absolute atomic E-state index is 0.0144. The molecule has 0 saturated carbocycles. The summed E-state index contributed by atoms with van der Waals surface area (Å²) in [6.45, 7) is 3.04. The summed E-state index contributed by atoms with van der Waals surface area (Å²) in [5.41, 5.74) is 0.700. The second kappa shape index (κ2) is 6.85. The van der Waals surface area contributed by atoms with Gasteiger partial charge in [-0.3, -0.25) is 4.90 Å². The number of methoxy groups -OCH3 is 1. The number of aromatic hydroxyl groups is 1. The molecule has 0 unspecified atom stereocenters. The maximum absolute atomic E-state index is 12.8. The molecule has 0 aromatic heterocycles. The number of phenolic OH excluding ortho intramolecular Hbond substituents is 1. The first kappa shape index (κ1) is 15.0. The minimum atomic E-state index is -2.38. The summed E-state index contributed by atoms with van der Waals surface area (Å²) in [6, 6.07) is 4.50. The molecule has 1 aliphatic heterocycles. The lowest BCUT2D eigenvalue weighted by Crippen LogP contribution is -2.45. The van der Waals surface area contributed by atoms with Crippen LogP contribution in [0.4, 0.5) is 8.78 Å². The van der Waals surface area contributed by atoms with E-state index in [2.05, 4.69) is 5.32 Å². The Morgan fingerprint density at radius 1 is 1.35 bits per heavy atom. The molecule has 1 aliphatic rings. The number of nitrogens with zero attached hydrogens (tertiary/aromatic N) is 1. The third kappa shape index (κ3) is 3.58. The molecule has 4 nitrogen and oxygen atoms in total. The third-order valence-corrected chi connectivity index (χ3v) is 3.58. The van der Waals surface area contributed by atoms with Crippen molar-refractivity contribution < 1.29 is 18.6 Å². The van der Waals surface area contributed by atoms with Gasteiger partial charge in [0.15, 0.2) is 11.5 Å². The normalized spacial score (nSPS) is 18.2. The number of halogens is 2. The molecular formula is C14H20F2N2O2. The highest BCUT2D eigenvalue weighted by atomic mass is 19.3. The third-order valence-electron chi connectivity index (χ3n) is 3.58. The number of piperazine rings is 1. The molecule has 1 atom stereocenters. The van der Waals surface area contributed by atoms with Crippen LogP contribution in [0.3, 0.4) is 0 Å². The van der Waals surface area contributed by atoms with Crippen molar-refractivity contribution in [2.45, 2.75) is 18.9 Å². The van der Waals surface area contributed by atoms with E-state index in [1.165, 1.54) is 13.2 Å². The Balaban J connectivity index is 2.22. The Hall–Kier alpha value is -1.40. The first-order valence-electron chi connectivity index (χ1n) is 6.71. The molecule has 0 radical (unpaired) electrons. The van der Waals surface area contributed by atoms with Crippen molar-refractivity contribution >= 4 is 0 Å². The van der Waals surface area contributed by atoms with Crippen molar-refractivity contribution in [3.05, 3.63) is 23.8 Å². The zero-order valence-corrected chi connectivity index (χ0v) is 11.5. The number of hydrogen-bond donors (Lipinski definition) is 2. The van der Waals surface area contributed by atoms with Gasteiger partial charge in [-0.15, -0.1) is 0 Å². The molecule has 1 saturated heterocycles. The first-order chi connectivity index (χ1) is 9.61. The fraction of sp³-hybridized carbons (Fsp3) is 0.571. The van der Waals surface area contributed by atoms with E-state index in [-0.39, 0.29) is 18.2 Å². The number of hydrogen-bond acceptors (Lipinski definition) is 4. The summed E-state index contributed by atoms with van der Waals surface area (Å²) >= 11 is 0. The highest BCUT2D eigenvalue weighted by molar-refractivity contribution is 5.42. The second-order valence-electron chi connectivity index (χ2n) is 4.86. The molecule has 2 rings (SSSR count). The van der Waals surface area contributed by atoms with Crippen molar-refractivity contribution in [1.29, 1.82) is 0 Å². The van der Waals surface area contributed by atoms with Crippen LogP contribution >= 0.6 is 0 Å². The fourth-order valence-electron chi connectivity index (χ4n) is 2.57. The van der Waals surface area contributed by atoms with E-state index in [1.54, 1.807) is 12.1 Å². The Morgan fingerprint density at radius 2 is 2.05 bits per heavy atom. The molecule has 0 bridgehead atoms. The number of alkyl halides is 2.